The van der Waals surface area contributed by atoms with E-state index in [1.807, 2.05) is 13.0 Å². The Labute approximate surface area is 149 Å². The maximum absolute atomic E-state index is 10.2. The third kappa shape index (κ3) is 3.07. The van der Waals surface area contributed by atoms with Crippen molar-refractivity contribution in [1.82, 2.24) is 0 Å². The van der Waals surface area contributed by atoms with Gasteiger partial charge in [-0.05, 0) is 85.0 Å². The quantitative estimate of drug-likeness (QED) is 0.452. The molecule has 124 valence electrons. The molecule has 2 heteroatoms. The summed E-state index contributed by atoms with van der Waals surface area (Å²) in [5.74, 6) is 3.05. The van der Waals surface area contributed by atoms with Gasteiger partial charge in [0, 0.05) is 0 Å². The fourth-order valence-corrected chi connectivity index (χ4v) is 6.70. The Bertz CT molecular complexity index is 478. The Kier molecular flexibility index (Phi) is 4.82. The molecule has 0 amide bonds. The van der Waals surface area contributed by atoms with E-state index in [1.165, 1.54) is 38.5 Å². The van der Waals surface area contributed by atoms with Crippen molar-refractivity contribution in [2.24, 2.45) is 29.1 Å². The summed E-state index contributed by atoms with van der Waals surface area (Å²) in [5.41, 5.74) is 1.70. The van der Waals surface area contributed by atoms with E-state index in [4.69, 9.17) is 0 Å². The van der Waals surface area contributed by atoms with Gasteiger partial charge in [-0.3, -0.25) is 0 Å². The van der Waals surface area contributed by atoms with Crippen LogP contribution in [0.4, 0.5) is 0 Å². The zero-order valence-electron chi connectivity index (χ0n) is 14.3. The lowest BCUT2D eigenvalue weighted by Gasteiger charge is -2.44. The summed E-state index contributed by atoms with van der Waals surface area (Å²) in [4.78, 5) is 0. The molecule has 6 atom stereocenters. The van der Waals surface area contributed by atoms with E-state index in [0.29, 0.717) is 11.3 Å². The smallest absolute Gasteiger partial charge is 0.0805 e. The average Bonchev–Trinajstić information content (AvgIpc) is 2.97. The molecule has 2 saturated carbocycles. The second kappa shape index (κ2) is 6.23. The van der Waals surface area contributed by atoms with E-state index in [9.17, 15) is 5.11 Å². The summed E-state index contributed by atoms with van der Waals surface area (Å²) in [5, 5.41) is 10.2. The van der Waals surface area contributed by atoms with E-state index in [0.717, 1.165) is 24.2 Å². The minimum absolute atomic E-state index is 0.527. The average molecular weight is 414 g/mol. The molecule has 1 N–H and O–H groups in total. The van der Waals surface area contributed by atoms with Crippen LogP contribution in [0.25, 0.3) is 0 Å². The molecule has 1 nitrogen and oxygen atoms in total. The molecule has 1 unspecified atom stereocenters. The van der Waals surface area contributed by atoms with Crippen LogP contribution in [0.5, 0.6) is 0 Å². The molecule has 0 aromatic carbocycles. The van der Waals surface area contributed by atoms with Gasteiger partial charge in [0.1, 0.15) is 0 Å². The SMILES string of the molecule is C[C@H](C[C@@H]1C=C[C@](C)(O)C1)[C@H]1CCC2C(=CI)CCC[C@@]21C. The molecular formula is C20H31IO. The Morgan fingerprint density at radius 3 is 2.82 bits per heavy atom. The van der Waals surface area contributed by atoms with Gasteiger partial charge in [0.15, 0.2) is 0 Å². The zero-order valence-corrected chi connectivity index (χ0v) is 16.5. The van der Waals surface area contributed by atoms with Crippen LogP contribution in [0.2, 0.25) is 0 Å². The van der Waals surface area contributed by atoms with Crippen LogP contribution in [-0.4, -0.2) is 10.7 Å². The standard InChI is InChI=1S/C20H31IO/c1-14(11-15-8-10-19(2,22)12-15)17-6-7-18-16(13-21)5-4-9-20(17,18)3/h8,10,13-15,17-18,22H,4-7,9,11-12H2,1-3H3/t14-,15+,17-,18?,19+,20-/m1/s1. The van der Waals surface area contributed by atoms with Crippen LogP contribution in [0.1, 0.15) is 65.7 Å². The normalized spacial score (nSPS) is 47.9. The number of halogens is 1. The first-order chi connectivity index (χ1) is 10.4. The van der Waals surface area contributed by atoms with E-state index in [2.05, 4.69) is 46.6 Å². The van der Waals surface area contributed by atoms with Crippen LogP contribution in [-0.2, 0) is 0 Å². The molecule has 22 heavy (non-hydrogen) atoms. The lowest BCUT2D eigenvalue weighted by atomic mass is 9.61. The fourth-order valence-electron chi connectivity index (χ4n) is 5.96. The third-order valence-electron chi connectivity index (χ3n) is 6.94. The first-order valence-corrected chi connectivity index (χ1v) is 10.3. The molecule has 0 aromatic rings. The molecule has 0 bridgehead atoms. The largest absolute Gasteiger partial charge is 0.386 e. The summed E-state index contributed by atoms with van der Waals surface area (Å²) in [6.07, 6.45) is 13.4. The molecule has 3 aliphatic carbocycles. The first kappa shape index (κ1) is 17.0. The van der Waals surface area contributed by atoms with Crippen LogP contribution in [0.3, 0.4) is 0 Å². The second-order valence-electron chi connectivity index (χ2n) is 8.67. The van der Waals surface area contributed by atoms with Gasteiger partial charge in [-0.1, -0.05) is 54.2 Å². The molecular weight excluding hydrogens is 383 g/mol. The van der Waals surface area contributed by atoms with Crippen molar-refractivity contribution in [1.29, 1.82) is 0 Å². The van der Waals surface area contributed by atoms with Crippen molar-refractivity contribution in [3.8, 4) is 0 Å². The summed E-state index contributed by atoms with van der Waals surface area (Å²) in [7, 11) is 0. The van der Waals surface area contributed by atoms with Gasteiger partial charge in [0.25, 0.3) is 0 Å². The summed E-state index contributed by atoms with van der Waals surface area (Å²) in [6, 6.07) is 0. The molecule has 0 spiro atoms. The maximum atomic E-state index is 10.2. The van der Waals surface area contributed by atoms with Crippen molar-refractivity contribution in [3.63, 3.8) is 0 Å². The number of allylic oxidation sites excluding steroid dienone is 2. The maximum Gasteiger partial charge on any atom is 0.0805 e. The second-order valence-corrected chi connectivity index (χ2v) is 9.30. The molecule has 0 aliphatic heterocycles. The van der Waals surface area contributed by atoms with Gasteiger partial charge in [-0.25, -0.2) is 0 Å². The van der Waals surface area contributed by atoms with Crippen molar-refractivity contribution in [2.75, 3.05) is 0 Å². The van der Waals surface area contributed by atoms with Crippen molar-refractivity contribution >= 4 is 22.6 Å². The molecule has 3 rings (SSSR count). The van der Waals surface area contributed by atoms with Gasteiger partial charge < -0.3 is 5.11 Å². The summed E-state index contributed by atoms with van der Waals surface area (Å²) in [6.45, 7) is 6.99. The fraction of sp³-hybridized carbons (Fsp3) is 0.800. The predicted octanol–water partition coefficient (Wildman–Crippen LogP) is 5.88. The third-order valence-corrected chi connectivity index (χ3v) is 7.74. The van der Waals surface area contributed by atoms with E-state index < -0.39 is 5.60 Å². The summed E-state index contributed by atoms with van der Waals surface area (Å²) >= 11 is 2.46. The van der Waals surface area contributed by atoms with Crippen molar-refractivity contribution in [3.05, 3.63) is 21.8 Å². The highest BCUT2D eigenvalue weighted by atomic mass is 127. The van der Waals surface area contributed by atoms with Crippen molar-refractivity contribution in [2.45, 2.75) is 71.3 Å². The number of hydrogen-bond acceptors (Lipinski definition) is 1. The zero-order chi connectivity index (χ0) is 16.0. The molecule has 3 aliphatic rings. The van der Waals surface area contributed by atoms with E-state index in [1.54, 1.807) is 5.57 Å². The van der Waals surface area contributed by atoms with Gasteiger partial charge in [-0.15, -0.1) is 0 Å². The Hall–Kier alpha value is 0.170. The Morgan fingerprint density at radius 2 is 2.18 bits per heavy atom. The monoisotopic (exact) mass is 414 g/mol. The predicted molar refractivity (Wildman–Crippen MR) is 102 cm³/mol. The number of fused-ring (bicyclic) bond motifs is 1. The highest BCUT2D eigenvalue weighted by Gasteiger charge is 2.50. The molecule has 0 aromatic heterocycles. The van der Waals surface area contributed by atoms with Gasteiger partial charge in [0.2, 0.25) is 0 Å². The highest BCUT2D eigenvalue weighted by Crippen LogP contribution is 2.60. The molecule has 0 heterocycles. The molecule has 2 fully saturated rings. The topological polar surface area (TPSA) is 20.2 Å². The highest BCUT2D eigenvalue weighted by molar-refractivity contribution is 14.1. The Balaban J connectivity index is 1.69. The first-order valence-electron chi connectivity index (χ1n) is 9.06. The number of hydrogen-bond donors (Lipinski definition) is 1. The van der Waals surface area contributed by atoms with Gasteiger partial charge in [0.05, 0.1) is 5.60 Å². The van der Waals surface area contributed by atoms with E-state index >= 15 is 0 Å². The number of rotatable bonds is 3. The van der Waals surface area contributed by atoms with Gasteiger partial charge in [-0.2, -0.15) is 0 Å². The van der Waals surface area contributed by atoms with Crippen LogP contribution in [0.15, 0.2) is 21.8 Å². The molecule has 0 saturated heterocycles. The van der Waals surface area contributed by atoms with Crippen LogP contribution in [0, 0.1) is 29.1 Å². The molecule has 0 radical (unpaired) electrons. The van der Waals surface area contributed by atoms with Crippen LogP contribution >= 0.6 is 22.6 Å². The lowest BCUT2D eigenvalue weighted by Crippen LogP contribution is -2.36. The number of aliphatic hydroxyl groups is 1. The van der Waals surface area contributed by atoms with E-state index in [-0.39, 0.29) is 0 Å². The Morgan fingerprint density at radius 1 is 1.41 bits per heavy atom. The van der Waals surface area contributed by atoms with Gasteiger partial charge >= 0.3 is 0 Å². The lowest BCUT2D eigenvalue weighted by molar-refractivity contribution is 0.0756. The summed E-state index contributed by atoms with van der Waals surface area (Å²) < 4.78 is 2.38. The van der Waals surface area contributed by atoms with Crippen molar-refractivity contribution < 1.29 is 5.11 Å². The minimum atomic E-state index is -0.561. The minimum Gasteiger partial charge on any atom is -0.386 e. The van der Waals surface area contributed by atoms with Crippen LogP contribution < -0.4 is 0 Å².